The average Bonchev–Trinajstić information content (AvgIpc) is 3.13. The Hall–Kier alpha value is -2.73. The van der Waals surface area contributed by atoms with Crippen molar-refractivity contribution >= 4 is 34.1 Å². The summed E-state index contributed by atoms with van der Waals surface area (Å²) in [6, 6.07) is 10.3. The Kier molecular flexibility index (Phi) is 4.42. The summed E-state index contributed by atoms with van der Waals surface area (Å²) in [5.74, 6) is -0.540. The van der Waals surface area contributed by atoms with Gasteiger partial charge in [-0.1, -0.05) is 17.7 Å². The number of rotatable bonds is 3. The highest BCUT2D eigenvalue weighted by Crippen LogP contribution is 2.29. The van der Waals surface area contributed by atoms with Gasteiger partial charge in [-0.05, 0) is 36.8 Å². The van der Waals surface area contributed by atoms with Crippen LogP contribution in [0.1, 0.15) is 16.9 Å². The predicted octanol–water partition coefficient (Wildman–Crippen LogP) is 3.75. The number of fused-ring (bicyclic) bond motifs is 1. The summed E-state index contributed by atoms with van der Waals surface area (Å²) >= 11 is 6.09. The molecule has 3 heterocycles. The van der Waals surface area contributed by atoms with E-state index in [0.29, 0.717) is 34.9 Å². The molecule has 3 aromatic rings. The summed E-state index contributed by atoms with van der Waals surface area (Å²) in [6.07, 6.45) is 3.82. The zero-order valence-corrected chi connectivity index (χ0v) is 14.6. The molecule has 1 unspecified atom stereocenters. The summed E-state index contributed by atoms with van der Waals surface area (Å²) < 4.78 is 14.7. The molecular weight excluding hydrogens is 355 g/mol. The minimum atomic E-state index is -0.431. The van der Waals surface area contributed by atoms with Crippen molar-refractivity contribution in [2.45, 2.75) is 12.5 Å². The fraction of sp³-hybridized carbons (Fsp3) is 0.211. The van der Waals surface area contributed by atoms with Crippen LogP contribution in [0.2, 0.25) is 5.02 Å². The lowest BCUT2D eigenvalue weighted by atomic mass is 10.1. The molecule has 1 aliphatic rings. The molecule has 5 nitrogen and oxygen atoms in total. The molecule has 0 spiro atoms. The second-order valence-electron chi connectivity index (χ2n) is 6.21. The molecule has 1 atom stereocenters. The third-order valence-electron chi connectivity index (χ3n) is 4.52. The lowest BCUT2D eigenvalue weighted by Crippen LogP contribution is -2.32. The van der Waals surface area contributed by atoms with E-state index in [4.69, 9.17) is 11.6 Å². The van der Waals surface area contributed by atoms with E-state index in [9.17, 15) is 9.18 Å². The van der Waals surface area contributed by atoms with Crippen molar-refractivity contribution in [2.24, 2.45) is 0 Å². The SMILES string of the molecule is O=C(c1ccccn1)N1CCC(Nc2ccc3c(Cl)ccnc3c2F)C1. The first-order chi connectivity index (χ1) is 12.6. The third-order valence-corrected chi connectivity index (χ3v) is 4.85. The molecular formula is C19H16ClFN4O. The Labute approximate surface area is 154 Å². The van der Waals surface area contributed by atoms with Crippen molar-refractivity contribution in [3.63, 3.8) is 0 Å². The molecule has 7 heteroatoms. The summed E-state index contributed by atoms with van der Waals surface area (Å²) in [5.41, 5.74) is 1.02. The molecule has 1 aromatic carbocycles. The highest BCUT2D eigenvalue weighted by Gasteiger charge is 2.28. The molecule has 1 amide bonds. The zero-order valence-electron chi connectivity index (χ0n) is 13.8. The van der Waals surface area contributed by atoms with Crippen molar-refractivity contribution < 1.29 is 9.18 Å². The van der Waals surface area contributed by atoms with Crippen LogP contribution in [0.5, 0.6) is 0 Å². The van der Waals surface area contributed by atoms with Gasteiger partial charge in [-0.2, -0.15) is 0 Å². The highest BCUT2D eigenvalue weighted by molar-refractivity contribution is 6.35. The summed E-state index contributed by atoms with van der Waals surface area (Å²) in [7, 11) is 0. The number of carbonyl (C=O) groups excluding carboxylic acids is 1. The molecule has 1 aliphatic heterocycles. The minimum Gasteiger partial charge on any atom is -0.378 e. The molecule has 1 fully saturated rings. The number of nitrogens with zero attached hydrogens (tertiary/aromatic N) is 3. The third kappa shape index (κ3) is 3.08. The number of hydrogen-bond acceptors (Lipinski definition) is 4. The van der Waals surface area contributed by atoms with Gasteiger partial charge >= 0.3 is 0 Å². The Morgan fingerprint density at radius 3 is 2.88 bits per heavy atom. The Bertz CT molecular complexity index is 966. The van der Waals surface area contributed by atoms with E-state index < -0.39 is 5.82 Å². The molecule has 0 saturated carbocycles. The number of pyridine rings is 2. The van der Waals surface area contributed by atoms with E-state index in [1.54, 1.807) is 47.5 Å². The van der Waals surface area contributed by atoms with Gasteiger partial charge in [0.2, 0.25) is 0 Å². The van der Waals surface area contributed by atoms with Gasteiger partial charge in [0.1, 0.15) is 11.2 Å². The molecule has 26 heavy (non-hydrogen) atoms. The Morgan fingerprint density at radius 2 is 2.08 bits per heavy atom. The van der Waals surface area contributed by atoms with E-state index in [0.717, 1.165) is 6.42 Å². The topological polar surface area (TPSA) is 58.1 Å². The fourth-order valence-electron chi connectivity index (χ4n) is 3.20. The molecule has 1 saturated heterocycles. The monoisotopic (exact) mass is 370 g/mol. The van der Waals surface area contributed by atoms with E-state index >= 15 is 0 Å². The average molecular weight is 371 g/mol. The van der Waals surface area contributed by atoms with Crippen LogP contribution >= 0.6 is 11.6 Å². The number of anilines is 1. The maximum absolute atomic E-state index is 14.7. The van der Waals surface area contributed by atoms with Gasteiger partial charge in [-0.3, -0.25) is 14.8 Å². The fourth-order valence-corrected chi connectivity index (χ4v) is 3.40. The quantitative estimate of drug-likeness (QED) is 0.762. The Morgan fingerprint density at radius 1 is 1.19 bits per heavy atom. The number of carbonyl (C=O) groups is 1. The van der Waals surface area contributed by atoms with Gasteiger partial charge in [0.25, 0.3) is 5.91 Å². The first kappa shape index (κ1) is 16.7. The number of nitrogens with one attached hydrogen (secondary N) is 1. The van der Waals surface area contributed by atoms with Gasteiger partial charge < -0.3 is 10.2 Å². The maximum Gasteiger partial charge on any atom is 0.272 e. The number of likely N-dealkylation sites (tertiary alicyclic amines) is 1. The Balaban J connectivity index is 1.50. The number of hydrogen-bond donors (Lipinski definition) is 1. The molecule has 2 aromatic heterocycles. The first-order valence-corrected chi connectivity index (χ1v) is 8.71. The van der Waals surface area contributed by atoms with Crippen LogP contribution in [0, 0.1) is 5.82 Å². The van der Waals surface area contributed by atoms with Crippen LogP contribution in [0.15, 0.2) is 48.8 Å². The van der Waals surface area contributed by atoms with E-state index in [2.05, 4.69) is 15.3 Å². The normalized spacial score (nSPS) is 16.8. The van der Waals surface area contributed by atoms with Gasteiger partial charge in [-0.15, -0.1) is 0 Å². The summed E-state index contributed by atoms with van der Waals surface area (Å²) in [5, 5.41) is 4.23. The molecule has 0 radical (unpaired) electrons. The van der Waals surface area contributed by atoms with Crippen LogP contribution in [-0.4, -0.2) is 39.9 Å². The van der Waals surface area contributed by atoms with Gasteiger partial charge in [0.05, 0.1) is 10.7 Å². The van der Waals surface area contributed by atoms with Gasteiger partial charge in [0, 0.05) is 36.9 Å². The molecule has 0 aliphatic carbocycles. The van der Waals surface area contributed by atoms with E-state index in [1.807, 2.05) is 0 Å². The second kappa shape index (κ2) is 6.88. The zero-order chi connectivity index (χ0) is 18.1. The lowest BCUT2D eigenvalue weighted by Gasteiger charge is -2.18. The van der Waals surface area contributed by atoms with E-state index in [1.165, 1.54) is 6.20 Å². The molecule has 0 bridgehead atoms. The lowest BCUT2D eigenvalue weighted by molar-refractivity contribution is 0.0786. The largest absolute Gasteiger partial charge is 0.378 e. The first-order valence-electron chi connectivity index (χ1n) is 8.33. The van der Waals surface area contributed by atoms with Crippen LogP contribution in [0.3, 0.4) is 0 Å². The van der Waals surface area contributed by atoms with Crippen LogP contribution in [0.4, 0.5) is 10.1 Å². The smallest absolute Gasteiger partial charge is 0.272 e. The number of amides is 1. The van der Waals surface area contributed by atoms with Crippen molar-refractivity contribution in [3.05, 3.63) is 65.3 Å². The maximum atomic E-state index is 14.7. The summed E-state index contributed by atoms with van der Waals surface area (Å²) in [4.78, 5) is 22.4. The predicted molar refractivity (Wildman–Crippen MR) is 98.9 cm³/mol. The van der Waals surface area contributed by atoms with Crippen molar-refractivity contribution in [3.8, 4) is 0 Å². The molecule has 4 rings (SSSR count). The van der Waals surface area contributed by atoms with Crippen molar-refractivity contribution in [2.75, 3.05) is 18.4 Å². The second-order valence-corrected chi connectivity index (χ2v) is 6.62. The van der Waals surface area contributed by atoms with Crippen LogP contribution < -0.4 is 5.32 Å². The van der Waals surface area contributed by atoms with Crippen LogP contribution in [-0.2, 0) is 0 Å². The molecule has 1 N–H and O–H groups in total. The summed E-state index contributed by atoms with van der Waals surface area (Å²) in [6.45, 7) is 1.10. The number of benzene rings is 1. The van der Waals surface area contributed by atoms with E-state index in [-0.39, 0.29) is 17.5 Å². The van der Waals surface area contributed by atoms with Gasteiger partial charge in [-0.25, -0.2) is 4.39 Å². The molecule has 132 valence electrons. The minimum absolute atomic E-state index is 0.0335. The van der Waals surface area contributed by atoms with Gasteiger partial charge in [0.15, 0.2) is 5.82 Å². The standard InChI is InChI=1S/C19H16ClFN4O/c20-14-6-9-23-18-13(14)4-5-15(17(18)21)24-12-7-10-25(11-12)19(26)16-3-1-2-8-22-16/h1-6,8-9,12,24H,7,10-11H2. The number of halogens is 2. The van der Waals surface area contributed by atoms with Crippen LogP contribution in [0.25, 0.3) is 10.9 Å². The number of aromatic nitrogens is 2. The highest BCUT2D eigenvalue weighted by atomic mass is 35.5. The van der Waals surface area contributed by atoms with Crippen molar-refractivity contribution in [1.29, 1.82) is 0 Å². The van der Waals surface area contributed by atoms with Crippen molar-refractivity contribution in [1.82, 2.24) is 14.9 Å².